The van der Waals surface area contributed by atoms with E-state index in [4.69, 9.17) is 0 Å². The van der Waals surface area contributed by atoms with Gasteiger partial charge in [-0.15, -0.1) is 11.3 Å². The smallest absolute Gasteiger partial charge is 0.264 e. The molecule has 0 aliphatic carbocycles. The second-order valence-corrected chi connectivity index (χ2v) is 7.17. The van der Waals surface area contributed by atoms with Crippen molar-refractivity contribution >= 4 is 27.3 Å². The van der Waals surface area contributed by atoms with Gasteiger partial charge in [0, 0.05) is 17.8 Å². The van der Waals surface area contributed by atoms with E-state index in [1.54, 1.807) is 4.90 Å². The molecule has 112 valence electrons. The van der Waals surface area contributed by atoms with Crippen LogP contribution in [0.2, 0.25) is 0 Å². The molecule has 21 heavy (non-hydrogen) atoms. The first-order chi connectivity index (χ1) is 9.97. The molecule has 1 aromatic carbocycles. The molecule has 1 amide bonds. The Bertz CT molecular complexity index is 634. The van der Waals surface area contributed by atoms with Crippen molar-refractivity contribution in [3.05, 3.63) is 35.2 Å². The molecule has 2 heterocycles. The number of amides is 1. The van der Waals surface area contributed by atoms with E-state index in [9.17, 15) is 9.90 Å². The third-order valence-corrected chi connectivity index (χ3v) is 4.97. The lowest BCUT2D eigenvalue weighted by Gasteiger charge is -2.26. The second-order valence-electron chi connectivity index (χ2n) is 6.09. The van der Waals surface area contributed by atoms with Crippen molar-refractivity contribution in [1.82, 2.24) is 9.80 Å². The third kappa shape index (κ3) is 2.95. The molecular formula is C16H20N2O2S. The number of carbonyl (C=O) groups is 1. The number of likely N-dealkylation sites (tertiary alicyclic amines) is 1. The topological polar surface area (TPSA) is 43.8 Å². The van der Waals surface area contributed by atoms with Gasteiger partial charge >= 0.3 is 0 Å². The zero-order chi connectivity index (χ0) is 15.0. The summed E-state index contributed by atoms with van der Waals surface area (Å²) in [5.41, 5.74) is -0.782. The maximum atomic E-state index is 12.6. The fraction of sp³-hybridized carbons (Fsp3) is 0.438. The van der Waals surface area contributed by atoms with Crippen LogP contribution in [0.5, 0.6) is 0 Å². The average molecular weight is 304 g/mol. The quantitative estimate of drug-likeness (QED) is 0.944. The SMILES string of the molecule is CN(C)C[C@]1(O)CCN(C(=O)c2cc3ccccc3s2)C1. The first-order valence-electron chi connectivity index (χ1n) is 7.12. The molecule has 0 bridgehead atoms. The third-order valence-electron chi connectivity index (χ3n) is 3.87. The number of hydrogen-bond donors (Lipinski definition) is 1. The molecule has 1 atom stereocenters. The van der Waals surface area contributed by atoms with Crippen LogP contribution in [-0.4, -0.2) is 60.1 Å². The minimum Gasteiger partial charge on any atom is -0.387 e. The summed E-state index contributed by atoms with van der Waals surface area (Å²) < 4.78 is 1.13. The van der Waals surface area contributed by atoms with E-state index in [-0.39, 0.29) is 5.91 Å². The molecule has 1 aromatic heterocycles. The second kappa shape index (κ2) is 5.40. The van der Waals surface area contributed by atoms with Crippen LogP contribution in [0.3, 0.4) is 0 Å². The molecule has 1 aliphatic rings. The van der Waals surface area contributed by atoms with Gasteiger partial charge in [0.1, 0.15) is 0 Å². The summed E-state index contributed by atoms with van der Waals surface area (Å²) in [4.78, 5) is 17.1. The average Bonchev–Trinajstić information content (AvgIpc) is 3.00. The summed E-state index contributed by atoms with van der Waals surface area (Å²) in [6.07, 6.45) is 0.641. The predicted octanol–water partition coefficient (Wildman–Crippen LogP) is 2.04. The molecule has 1 saturated heterocycles. The molecule has 1 fully saturated rings. The number of β-amino-alcohol motifs (C(OH)–C–C–N with tert-alkyl or cyclic N) is 1. The number of nitrogens with zero attached hydrogens (tertiary/aromatic N) is 2. The monoisotopic (exact) mass is 304 g/mol. The van der Waals surface area contributed by atoms with Crippen LogP contribution in [0.1, 0.15) is 16.1 Å². The summed E-state index contributed by atoms with van der Waals surface area (Å²) in [5.74, 6) is 0.0332. The molecule has 0 saturated carbocycles. The van der Waals surface area contributed by atoms with E-state index >= 15 is 0 Å². The number of likely N-dealkylation sites (N-methyl/N-ethyl adjacent to an activating group) is 1. The van der Waals surface area contributed by atoms with Gasteiger partial charge in [0.2, 0.25) is 0 Å². The number of rotatable bonds is 3. The van der Waals surface area contributed by atoms with Gasteiger partial charge in [-0.05, 0) is 38.0 Å². The summed E-state index contributed by atoms with van der Waals surface area (Å²) in [5, 5.41) is 11.6. The molecule has 1 N–H and O–H groups in total. The van der Waals surface area contributed by atoms with Crippen LogP contribution in [0.15, 0.2) is 30.3 Å². The minimum atomic E-state index is -0.782. The summed E-state index contributed by atoms with van der Waals surface area (Å²) in [6, 6.07) is 9.97. The Morgan fingerprint density at radius 2 is 2.19 bits per heavy atom. The van der Waals surface area contributed by atoms with Gasteiger partial charge in [0.15, 0.2) is 0 Å². The van der Waals surface area contributed by atoms with Crippen molar-refractivity contribution in [3.8, 4) is 0 Å². The lowest BCUT2D eigenvalue weighted by Crippen LogP contribution is -2.43. The van der Waals surface area contributed by atoms with E-state index in [2.05, 4.69) is 0 Å². The fourth-order valence-electron chi connectivity index (χ4n) is 2.99. The highest BCUT2D eigenvalue weighted by Gasteiger charge is 2.39. The molecule has 2 aromatic rings. The Kier molecular flexibility index (Phi) is 3.73. The zero-order valence-corrected chi connectivity index (χ0v) is 13.2. The highest BCUT2D eigenvalue weighted by atomic mass is 32.1. The van der Waals surface area contributed by atoms with Crippen LogP contribution >= 0.6 is 11.3 Å². The van der Waals surface area contributed by atoms with Gasteiger partial charge in [-0.1, -0.05) is 18.2 Å². The number of aliphatic hydroxyl groups is 1. The molecule has 5 heteroatoms. The van der Waals surface area contributed by atoms with Crippen LogP contribution < -0.4 is 0 Å². The molecule has 4 nitrogen and oxygen atoms in total. The van der Waals surface area contributed by atoms with Crippen molar-refractivity contribution in [2.45, 2.75) is 12.0 Å². The Labute approximate surface area is 128 Å². The minimum absolute atomic E-state index is 0.0332. The molecule has 3 rings (SSSR count). The van der Waals surface area contributed by atoms with Gasteiger partial charge in [0.25, 0.3) is 5.91 Å². The lowest BCUT2D eigenvalue weighted by molar-refractivity contribution is 0.0237. The normalized spacial score (nSPS) is 22.4. The van der Waals surface area contributed by atoms with Crippen molar-refractivity contribution in [2.24, 2.45) is 0 Å². The molecule has 0 spiro atoms. The number of thiophene rings is 1. The van der Waals surface area contributed by atoms with E-state index in [0.717, 1.165) is 15.0 Å². The highest BCUT2D eigenvalue weighted by molar-refractivity contribution is 7.20. The Morgan fingerprint density at radius 1 is 1.43 bits per heavy atom. The van der Waals surface area contributed by atoms with E-state index in [1.807, 2.05) is 49.3 Å². The molecule has 1 aliphatic heterocycles. The van der Waals surface area contributed by atoms with Gasteiger partial charge in [0.05, 0.1) is 17.0 Å². The van der Waals surface area contributed by atoms with Crippen LogP contribution in [0.25, 0.3) is 10.1 Å². The van der Waals surface area contributed by atoms with E-state index < -0.39 is 5.60 Å². The number of hydrogen-bond acceptors (Lipinski definition) is 4. The zero-order valence-electron chi connectivity index (χ0n) is 12.4. The van der Waals surface area contributed by atoms with E-state index in [1.165, 1.54) is 11.3 Å². The molecular weight excluding hydrogens is 284 g/mol. The largest absolute Gasteiger partial charge is 0.387 e. The van der Waals surface area contributed by atoms with E-state index in [0.29, 0.717) is 26.1 Å². The summed E-state index contributed by atoms with van der Waals surface area (Å²) >= 11 is 1.52. The Balaban J connectivity index is 1.77. The van der Waals surface area contributed by atoms with Crippen LogP contribution in [0.4, 0.5) is 0 Å². The fourth-order valence-corrected chi connectivity index (χ4v) is 4.02. The van der Waals surface area contributed by atoms with Gasteiger partial charge < -0.3 is 14.9 Å². The Hall–Kier alpha value is -1.43. The van der Waals surface area contributed by atoms with Gasteiger partial charge in [-0.2, -0.15) is 0 Å². The highest BCUT2D eigenvalue weighted by Crippen LogP contribution is 2.29. The first kappa shape index (κ1) is 14.5. The maximum Gasteiger partial charge on any atom is 0.264 e. The maximum absolute atomic E-state index is 12.6. The van der Waals surface area contributed by atoms with Crippen molar-refractivity contribution in [3.63, 3.8) is 0 Å². The Morgan fingerprint density at radius 3 is 2.90 bits per heavy atom. The van der Waals surface area contributed by atoms with Gasteiger partial charge in [-0.3, -0.25) is 4.79 Å². The first-order valence-corrected chi connectivity index (χ1v) is 7.93. The predicted molar refractivity (Wildman–Crippen MR) is 85.8 cm³/mol. The summed E-state index contributed by atoms with van der Waals surface area (Å²) in [6.45, 7) is 1.62. The van der Waals surface area contributed by atoms with Crippen molar-refractivity contribution in [2.75, 3.05) is 33.7 Å². The van der Waals surface area contributed by atoms with Crippen molar-refractivity contribution < 1.29 is 9.90 Å². The number of fused-ring (bicyclic) bond motifs is 1. The van der Waals surface area contributed by atoms with Crippen LogP contribution in [0, 0.1) is 0 Å². The standard InChI is InChI=1S/C16H20N2O2S/c1-17(2)10-16(20)7-8-18(11-16)15(19)14-9-12-5-3-4-6-13(12)21-14/h3-6,9,20H,7-8,10-11H2,1-2H3/t16-/m1/s1. The molecule has 0 unspecified atom stereocenters. The number of benzene rings is 1. The summed E-state index contributed by atoms with van der Waals surface area (Å²) in [7, 11) is 3.88. The number of carbonyl (C=O) groups excluding carboxylic acids is 1. The van der Waals surface area contributed by atoms with Crippen LogP contribution in [-0.2, 0) is 0 Å². The molecule has 0 radical (unpaired) electrons. The van der Waals surface area contributed by atoms with Gasteiger partial charge in [-0.25, -0.2) is 0 Å². The lowest BCUT2D eigenvalue weighted by atomic mass is 10.0. The van der Waals surface area contributed by atoms with Crippen molar-refractivity contribution in [1.29, 1.82) is 0 Å².